The van der Waals surface area contributed by atoms with Gasteiger partial charge in [-0.3, -0.25) is 14.5 Å². The Hall–Kier alpha value is -2.39. The summed E-state index contributed by atoms with van der Waals surface area (Å²) < 4.78 is 10.7. The van der Waals surface area contributed by atoms with E-state index < -0.39 is 23.1 Å². The van der Waals surface area contributed by atoms with Crippen LogP contribution in [0.3, 0.4) is 0 Å². The molecular weight excluding hydrogens is 332 g/mol. The highest BCUT2D eigenvalue weighted by Crippen LogP contribution is 2.12. The first kappa shape index (κ1) is 21.7. The van der Waals surface area contributed by atoms with Gasteiger partial charge in [-0.05, 0) is 59.2 Å². The topological polar surface area (TPSA) is 79.6 Å². The molecule has 0 atom stereocenters. The zero-order valence-electron chi connectivity index (χ0n) is 16.5. The minimum Gasteiger partial charge on any atom is -0.459 e. The molecule has 0 N–H and O–H groups in total. The maximum Gasteiger partial charge on any atom is 0.320 e. The van der Waals surface area contributed by atoms with Gasteiger partial charge < -0.3 is 9.47 Å². The van der Waals surface area contributed by atoms with E-state index in [1.54, 1.807) is 70.7 Å². The summed E-state index contributed by atoms with van der Waals surface area (Å²) in [5.74, 6) is -0.815. The quantitative estimate of drug-likeness (QED) is 0.726. The zero-order valence-corrected chi connectivity index (χ0v) is 16.5. The van der Waals surface area contributed by atoms with Crippen molar-refractivity contribution < 1.29 is 19.1 Å². The molecule has 0 saturated carbocycles. The smallest absolute Gasteiger partial charge is 0.320 e. The molecule has 1 aromatic rings. The van der Waals surface area contributed by atoms with E-state index in [4.69, 9.17) is 14.7 Å². The summed E-state index contributed by atoms with van der Waals surface area (Å²) in [7, 11) is 0. The monoisotopic (exact) mass is 360 g/mol. The molecule has 142 valence electrons. The standard InChI is InChI=1S/C20H28N2O4/c1-19(2,3)25-17(23)13-22(14-18(24)26-20(4,5)6)12-16-9-7-15(11-21)8-10-16/h7-10H,12-14H2,1-6H3. The molecule has 0 aliphatic carbocycles. The van der Waals surface area contributed by atoms with Gasteiger partial charge in [-0.15, -0.1) is 0 Å². The molecular formula is C20H28N2O4. The van der Waals surface area contributed by atoms with Gasteiger partial charge in [0.15, 0.2) is 0 Å². The highest BCUT2D eigenvalue weighted by atomic mass is 16.6. The lowest BCUT2D eigenvalue weighted by Crippen LogP contribution is -2.39. The molecule has 0 aliphatic rings. The lowest BCUT2D eigenvalue weighted by Gasteiger charge is -2.26. The highest BCUT2D eigenvalue weighted by Gasteiger charge is 2.23. The second-order valence-corrected chi connectivity index (χ2v) is 8.13. The summed E-state index contributed by atoms with van der Waals surface area (Å²) in [6, 6.07) is 9.07. The fourth-order valence-corrected chi connectivity index (χ4v) is 2.22. The van der Waals surface area contributed by atoms with Crippen LogP contribution in [-0.4, -0.2) is 41.1 Å². The molecule has 0 aromatic heterocycles. The molecule has 0 radical (unpaired) electrons. The van der Waals surface area contributed by atoms with Crippen molar-refractivity contribution in [2.45, 2.75) is 59.3 Å². The van der Waals surface area contributed by atoms with Gasteiger partial charge in [-0.2, -0.15) is 5.26 Å². The molecule has 0 aliphatic heterocycles. The van der Waals surface area contributed by atoms with Crippen LogP contribution in [0.25, 0.3) is 0 Å². The van der Waals surface area contributed by atoms with E-state index >= 15 is 0 Å². The molecule has 0 unspecified atom stereocenters. The van der Waals surface area contributed by atoms with Crippen LogP contribution in [0.2, 0.25) is 0 Å². The summed E-state index contributed by atoms with van der Waals surface area (Å²) in [4.78, 5) is 26.0. The number of carbonyl (C=O) groups is 2. The molecule has 26 heavy (non-hydrogen) atoms. The number of ether oxygens (including phenoxy) is 2. The van der Waals surface area contributed by atoms with Crippen molar-refractivity contribution in [2.75, 3.05) is 13.1 Å². The third-order valence-corrected chi connectivity index (χ3v) is 3.03. The molecule has 6 heteroatoms. The fourth-order valence-electron chi connectivity index (χ4n) is 2.22. The largest absolute Gasteiger partial charge is 0.459 e. The van der Waals surface area contributed by atoms with Gasteiger partial charge in [0.2, 0.25) is 0 Å². The molecule has 0 amide bonds. The van der Waals surface area contributed by atoms with Gasteiger partial charge in [0.1, 0.15) is 11.2 Å². The van der Waals surface area contributed by atoms with Crippen LogP contribution >= 0.6 is 0 Å². The van der Waals surface area contributed by atoms with Crippen molar-refractivity contribution >= 4 is 11.9 Å². The van der Waals surface area contributed by atoms with Crippen LogP contribution in [0.4, 0.5) is 0 Å². The number of nitrogens with zero attached hydrogens (tertiary/aromatic N) is 2. The minimum atomic E-state index is -0.594. The Morgan fingerprint density at radius 2 is 1.35 bits per heavy atom. The van der Waals surface area contributed by atoms with Crippen molar-refractivity contribution in [2.24, 2.45) is 0 Å². The van der Waals surface area contributed by atoms with Gasteiger partial charge >= 0.3 is 11.9 Å². The summed E-state index contributed by atoms with van der Waals surface area (Å²) in [5.41, 5.74) is 0.252. The molecule has 0 saturated heterocycles. The van der Waals surface area contributed by atoms with Gasteiger partial charge in [-0.25, -0.2) is 0 Å². The van der Waals surface area contributed by atoms with Gasteiger partial charge in [0.05, 0.1) is 24.7 Å². The van der Waals surface area contributed by atoms with Gasteiger partial charge in [0, 0.05) is 6.54 Å². The van der Waals surface area contributed by atoms with E-state index in [0.717, 1.165) is 5.56 Å². The molecule has 6 nitrogen and oxygen atoms in total. The Kier molecular flexibility index (Phi) is 7.34. The predicted octanol–water partition coefficient (Wildman–Crippen LogP) is 3.04. The number of benzene rings is 1. The first-order valence-electron chi connectivity index (χ1n) is 8.53. The van der Waals surface area contributed by atoms with Crippen LogP contribution in [0, 0.1) is 11.3 Å². The molecule has 1 aromatic carbocycles. The first-order chi connectivity index (χ1) is 11.9. The van der Waals surface area contributed by atoms with Crippen molar-refractivity contribution in [3.8, 4) is 6.07 Å². The number of hydrogen-bond donors (Lipinski definition) is 0. The number of esters is 2. The molecule has 0 bridgehead atoms. The molecule has 0 heterocycles. The summed E-state index contributed by atoms with van der Waals surface area (Å²) in [5, 5.41) is 8.88. The summed E-state index contributed by atoms with van der Waals surface area (Å²) in [6.07, 6.45) is 0. The lowest BCUT2D eigenvalue weighted by atomic mass is 10.1. The summed E-state index contributed by atoms with van der Waals surface area (Å²) >= 11 is 0. The van der Waals surface area contributed by atoms with Crippen LogP contribution in [-0.2, 0) is 25.6 Å². The van der Waals surface area contributed by atoms with E-state index in [9.17, 15) is 9.59 Å². The third kappa shape index (κ3) is 9.19. The second kappa shape index (κ2) is 8.81. The van der Waals surface area contributed by atoms with E-state index in [1.807, 2.05) is 0 Å². The molecule has 0 spiro atoms. The van der Waals surface area contributed by atoms with Crippen molar-refractivity contribution in [1.29, 1.82) is 5.26 Å². The fraction of sp³-hybridized carbons (Fsp3) is 0.550. The van der Waals surface area contributed by atoms with Crippen LogP contribution < -0.4 is 0 Å². The third-order valence-electron chi connectivity index (χ3n) is 3.03. The van der Waals surface area contributed by atoms with Gasteiger partial charge in [0.25, 0.3) is 0 Å². The van der Waals surface area contributed by atoms with Crippen molar-refractivity contribution in [3.63, 3.8) is 0 Å². The summed E-state index contributed by atoms with van der Waals surface area (Å²) in [6.45, 7) is 11.1. The number of carbonyl (C=O) groups excluding carboxylic acids is 2. The van der Waals surface area contributed by atoms with Crippen LogP contribution in [0.1, 0.15) is 52.7 Å². The second-order valence-electron chi connectivity index (χ2n) is 8.13. The Bertz CT molecular complexity index is 631. The van der Waals surface area contributed by atoms with E-state index in [0.29, 0.717) is 12.1 Å². The van der Waals surface area contributed by atoms with Crippen molar-refractivity contribution in [3.05, 3.63) is 35.4 Å². The first-order valence-corrected chi connectivity index (χ1v) is 8.53. The van der Waals surface area contributed by atoms with Crippen LogP contribution in [0.5, 0.6) is 0 Å². The average Bonchev–Trinajstić information content (AvgIpc) is 2.43. The lowest BCUT2D eigenvalue weighted by molar-refractivity contribution is -0.160. The van der Waals surface area contributed by atoms with Crippen LogP contribution in [0.15, 0.2) is 24.3 Å². The average molecular weight is 360 g/mol. The maximum atomic E-state index is 12.2. The van der Waals surface area contributed by atoms with E-state index in [2.05, 4.69) is 6.07 Å². The molecule has 1 rings (SSSR count). The Morgan fingerprint density at radius 3 is 1.69 bits per heavy atom. The number of rotatable bonds is 6. The zero-order chi connectivity index (χ0) is 20.0. The van der Waals surface area contributed by atoms with Crippen molar-refractivity contribution in [1.82, 2.24) is 4.90 Å². The SMILES string of the molecule is CC(C)(C)OC(=O)CN(CC(=O)OC(C)(C)C)Cc1ccc(C#N)cc1. The number of nitriles is 1. The highest BCUT2D eigenvalue weighted by molar-refractivity contribution is 5.75. The molecule has 0 fully saturated rings. The Labute approximate surface area is 155 Å². The maximum absolute atomic E-state index is 12.2. The Balaban J connectivity index is 2.84. The Morgan fingerprint density at radius 1 is 0.923 bits per heavy atom. The number of hydrogen-bond acceptors (Lipinski definition) is 6. The van der Waals surface area contributed by atoms with E-state index in [-0.39, 0.29) is 13.1 Å². The van der Waals surface area contributed by atoms with Gasteiger partial charge in [-0.1, -0.05) is 12.1 Å². The minimum absolute atomic E-state index is 0.0312. The predicted molar refractivity (Wildman–Crippen MR) is 98.1 cm³/mol. The van der Waals surface area contributed by atoms with E-state index in [1.165, 1.54) is 0 Å². The normalized spacial score (nSPS) is 11.8.